The van der Waals surface area contributed by atoms with E-state index in [4.69, 9.17) is 0 Å². The monoisotopic (exact) mass is 398 g/mol. The second-order valence-corrected chi connectivity index (χ2v) is 7.33. The minimum atomic E-state index is -4.53. The number of benzene rings is 1. The molecule has 28 heavy (non-hydrogen) atoms. The Kier molecular flexibility index (Phi) is 5.67. The molecule has 1 fully saturated rings. The first-order valence-electron chi connectivity index (χ1n) is 9.13. The molecule has 152 valence electrons. The molecule has 3 rings (SSSR count). The zero-order valence-electron chi connectivity index (χ0n) is 15.2. The van der Waals surface area contributed by atoms with Crippen LogP contribution < -0.4 is 5.32 Å². The van der Waals surface area contributed by atoms with Crippen LogP contribution in [-0.4, -0.2) is 41.2 Å². The molecule has 0 spiro atoms. The van der Waals surface area contributed by atoms with E-state index in [2.05, 4.69) is 11.9 Å². The van der Waals surface area contributed by atoms with Crippen molar-refractivity contribution in [3.8, 4) is 0 Å². The van der Waals surface area contributed by atoms with Gasteiger partial charge in [0.05, 0.1) is 6.54 Å². The third-order valence-corrected chi connectivity index (χ3v) is 5.31. The predicted octanol–water partition coefficient (Wildman–Crippen LogP) is 4.17. The Bertz CT molecular complexity index is 778. The first-order chi connectivity index (χ1) is 13.1. The van der Waals surface area contributed by atoms with Crippen molar-refractivity contribution in [1.29, 1.82) is 0 Å². The van der Waals surface area contributed by atoms with Gasteiger partial charge in [-0.25, -0.2) is 4.39 Å². The molecular weight excluding hydrogens is 376 g/mol. The molecule has 2 N–H and O–H groups in total. The van der Waals surface area contributed by atoms with Gasteiger partial charge in [-0.05, 0) is 49.3 Å². The molecule has 1 aromatic rings. The van der Waals surface area contributed by atoms with Gasteiger partial charge in [-0.1, -0.05) is 18.7 Å². The van der Waals surface area contributed by atoms with Gasteiger partial charge in [0, 0.05) is 17.3 Å². The van der Waals surface area contributed by atoms with Gasteiger partial charge in [0.2, 0.25) is 0 Å². The lowest BCUT2D eigenvalue weighted by Gasteiger charge is -2.31. The molecule has 0 unspecified atom stereocenters. The first-order valence-corrected chi connectivity index (χ1v) is 9.13. The molecule has 0 atom stereocenters. The van der Waals surface area contributed by atoms with Gasteiger partial charge in [0.15, 0.2) is 5.76 Å². The summed E-state index contributed by atoms with van der Waals surface area (Å²) in [5, 5.41) is 13.1. The molecule has 1 aliphatic carbocycles. The summed E-state index contributed by atoms with van der Waals surface area (Å²) in [6.45, 7) is 2.08. The van der Waals surface area contributed by atoms with E-state index in [0.29, 0.717) is 10.8 Å². The highest BCUT2D eigenvalue weighted by molar-refractivity contribution is 5.95. The summed E-state index contributed by atoms with van der Waals surface area (Å²) in [7, 11) is 0. The molecule has 4 nitrogen and oxygen atoms in total. The average molecular weight is 398 g/mol. The number of alkyl halides is 3. The molecular formula is C20H22F4N2O2. The third-order valence-electron chi connectivity index (χ3n) is 5.31. The Hall–Kier alpha value is -2.51. The Morgan fingerprint density at radius 2 is 1.79 bits per heavy atom. The van der Waals surface area contributed by atoms with E-state index in [1.54, 1.807) is 12.1 Å². The number of rotatable bonds is 5. The van der Waals surface area contributed by atoms with Crippen molar-refractivity contribution < 1.29 is 27.5 Å². The maximum absolute atomic E-state index is 13.1. The number of carbonyl (C=O) groups excluding carboxylic acids is 1. The van der Waals surface area contributed by atoms with Crippen molar-refractivity contribution in [3.63, 3.8) is 0 Å². The van der Waals surface area contributed by atoms with Crippen LogP contribution in [-0.2, 0) is 4.79 Å². The van der Waals surface area contributed by atoms with Gasteiger partial charge in [-0.15, -0.1) is 0 Å². The van der Waals surface area contributed by atoms with Gasteiger partial charge in [0.1, 0.15) is 12.4 Å². The number of nitrogens with zero attached hydrogens (tertiary/aromatic N) is 1. The van der Waals surface area contributed by atoms with Crippen LogP contribution in [0.3, 0.4) is 0 Å². The Balaban J connectivity index is 1.54. The van der Waals surface area contributed by atoms with E-state index in [1.165, 1.54) is 12.1 Å². The Morgan fingerprint density at radius 3 is 2.36 bits per heavy atom. The minimum Gasteiger partial charge on any atom is -0.503 e. The number of amides is 1. The van der Waals surface area contributed by atoms with Crippen molar-refractivity contribution in [2.75, 3.05) is 13.1 Å². The normalized spacial score (nSPS) is 23.3. The number of nitrogens with one attached hydrogen (secondary N) is 1. The summed E-state index contributed by atoms with van der Waals surface area (Å²) in [5.41, 5.74) is 1.47. The van der Waals surface area contributed by atoms with Gasteiger partial charge in [-0.3, -0.25) is 4.79 Å². The second-order valence-electron chi connectivity index (χ2n) is 7.33. The highest BCUT2D eigenvalue weighted by atomic mass is 19.4. The lowest BCUT2D eigenvalue weighted by atomic mass is 9.81. The van der Waals surface area contributed by atoms with Crippen LogP contribution >= 0.6 is 0 Å². The topological polar surface area (TPSA) is 52.6 Å². The van der Waals surface area contributed by atoms with Crippen molar-refractivity contribution >= 4 is 5.91 Å². The fourth-order valence-corrected chi connectivity index (χ4v) is 3.84. The van der Waals surface area contributed by atoms with Crippen LogP contribution in [0.15, 0.2) is 47.9 Å². The van der Waals surface area contributed by atoms with E-state index >= 15 is 0 Å². The van der Waals surface area contributed by atoms with Crippen LogP contribution in [0.4, 0.5) is 17.6 Å². The molecule has 0 radical (unpaired) electrons. The zero-order chi connectivity index (χ0) is 20.5. The molecule has 0 bridgehead atoms. The van der Waals surface area contributed by atoms with E-state index in [9.17, 15) is 27.5 Å². The summed E-state index contributed by atoms with van der Waals surface area (Å²) in [4.78, 5) is 12.4. The molecule has 1 aromatic carbocycles. The van der Waals surface area contributed by atoms with E-state index < -0.39 is 24.4 Å². The third kappa shape index (κ3) is 4.66. The molecule has 1 saturated carbocycles. The number of hydrogen-bond acceptors (Lipinski definition) is 3. The molecule has 0 saturated heterocycles. The van der Waals surface area contributed by atoms with E-state index in [-0.39, 0.29) is 29.7 Å². The lowest BCUT2D eigenvalue weighted by molar-refractivity contribution is -0.157. The number of hydrogen-bond donors (Lipinski definition) is 2. The second kappa shape index (κ2) is 7.85. The van der Waals surface area contributed by atoms with Crippen molar-refractivity contribution in [2.24, 2.45) is 0 Å². The van der Waals surface area contributed by atoms with Crippen LogP contribution in [0.25, 0.3) is 0 Å². The van der Waals surface area contributed by atoms with Gasteiger partial charge in [-0.2, -0.15) is 13.2 Å². The smallest absolute Gasteiger partial charge is 0.406 e. The zero-order valence-corrected chi connectivity index (χ0v) is 15.2. The minimum absolute atomic E-state index is 0.0521. The lowest BCUT2D eigenvalue weighted by Crippen LogP contribution is -2.37. The summed E-state index contributed by atoms with van der Waals surface area (Å²) in [6, 6.07) is 6.52. The Morgan fingerprint density at radius 1 is 1.18 bits per heavy atom. The SMILES string of the molecule is C=C(N[C@H]1CC[C@@H](c2ccc(F)cc2)CC1)C1=C(O)C(=O)N(CC(F)(F)F)C1. The molecule has 1 amide bonds. The molecule has 1 heterocycles. The largest absolute Gasteiger partial charge is 0.503 e. The molecule has 1 aliphatic heterocycles. The summed E-state index contributed by atoms with van der Waals surface area (Å²) in [6.07, 6.45) is -1.18. The van der Waals surface area contributed by atoms with Crippen molar-refractivity contribution in [1.82, 2.24) is 10.2 Å². The fourth-order valence-electron chi connectivity index (χ4n) is 3.84. The number of aliphatic hydroxyl groups is 1. The van der Waals surface area contributed by atoms with E-state index in [1.807, 2.05) is 0 Å². The van der Waals surface area contributed by atoms with Gasteiger partial charge >= 0.3 is 6.18 Å². The van der Waals surface area contributed by atoms with Crippen LogP contribution in [0.5, 0.6) is 0 Å². The highest BCUT2D eigenvalue weighted by Gasteiger charge is 2.39. The molecule has 2 aliphatic rings. The molecule has 0 aromatic heterocycles. The van der Waals surface area contributed by atoms with Gasteiger partial charge < -0.3 is 15.3 Å². The Labute approximate surface area is 160 Å². The van der Waals surface area contributed by atoms with Crippen molar-refractivity contribution in [2.45, 2.75) is 43.8 Å². The number of aliphatic hydroxyl groups excluding tert-OH is 1. The summed E-state index contributed by atoms with van der Waals surface area (Å²) < 4.78 is 50.7. The molecule has 8 heteroatoms. The van der Waals surface area contributed by atoms with Crippen LogP contribution in [0.2, 0.25) is 0 Å². The van der Waals surface area contributed by atoms with Gasteiger partial charge in [0.25, 0.3) is 5.91 Å². The predicted molar refractivity (Wildman–Crippen MR) is 96.0 cm³/mol. The van der Waals surface area contributed by atoms with E-state index in [0.717, 1.165) is 31.2 Å². The summed E-state index contributed by atoms with van der Waals surface area (Å²) in [5.74, 6) is -1.65. The average Bonchev–Trinajstić information content (AvgIpc) is 2.90. The van der Waals surface area contributed by atoms with Crippen LogP contribution in [0, 0.1) is 5.82 Å². The quantitative estimate of drug-likeness (QED) is 0.732. The van der Waals surface area contributed by atoms with Crippen molar-refractivity contribution in [3.05, 3.63) is 59.3 Å². The van der Waals surface area contributed by atoms with Crippen LogP contribution in [0.1, 0.15) is 37.2 Å². The summed E-state index contributed by atoms with van der Waals surface area (Å²) >= 11 is 0. The maximum Gasteiger partial charge on any atom is 0.406 e. The highest BCUT2D eigenvalue weighted by Crippen LogP contribution is 2.34. The standard InChI is InChI=1S/C20H22F4N2O2/c1-12(17-10-26(11-20(22,23)24)19(28)18(17)27)25-16-8-4-14(5-9-16)13-2-6-15(21)7-3-13/h2-3,6-7,14,16,25,27H,1,4-5,8-11H2/t14-,16+. The number of carbonyl (C=O) groups is 1. The maximum atomic E-state index is 13.1. The first kappa shape index (κ1) is 20.2. The number of halogens is 4. The fraction of sp³-hybridized carbons (Fsp3) is 0.450.